The third-order valence-electron chi connectivity index (χ3n) is 2.24. The summed E-state index contributed by atoms with van der Waals surface area (Å²) in [6.45, 7) is 3.94. The van der Waals surface area contributed by atoms with Crippen molar-refractivity contribution in [1.82, 2.24) is 10.2 Å². The van der Waals surface area contributed by atoms with Gasteiger partial charge < -0.3 is 10.2 Å². The molecule has 78 valence electrons. The van der Waals surface area contributed by atoms with E-state index in [1.165, 1.54) is 6.08 Å². The van der Waals surface area contributed by atoms with Crippen molar-refractivity contribution >= 4 is 12.1 Å². The Kier molecular flexibility index (Phi) is 2.76. The number of carboxylic acid groups (broad SMARTS) is 2. The Hall–Kier alpha value is -1.56. The number of carbonyl (C=O) groups is 2. The summed E-state index contributed by atoms with van der Waals surface area (Å²) in [5.41, 5.74) is -1.53. The molecule has 0 aromatic carbocycles. The molecule has 0 aliphatic carbocycles. The van der Waals surface area contributed by atoms with Crippen LogP contribution < -0.4 is 5.32 Å². The van der Waals surface area contributed by atoms with Crippen LogP contribution in [0.25, 0.3) is 0 Å². The van der Waals surface area contributed by atoms with Gasteiger partial charge in [0, 0.05) is 19.5 Å². The van der Waals surface area contributed by atoms with Gasteiger partial charge in [0.2, 0.25) is 0 Å². The normalized spacial score (nSPS) is 26.1. The Labute approximate surface area is 80.8 Å². The number of nitrogens with zero attached hydrogens (tertiary/aromatic N) is 1. The van der Waals surface area contributed by atoms with Gasteiger partial charge in [-0.25, -0.2) is 9.59 Å². The van der Waals surface area contributed by atoms with Crippen LogP contribution >= 0.6 is 0 Å². The maximum Gasteiger partial charge on any atom is 0.409 e. The average Bonchev–Trinajstić information content (AvgIpc) is 2.50. The average molecular weight is 200 g/mol. The summed E-state index contributed by atoms with van der Waals surface area (Å²) in [4.78, 5) is 22.7. The van der Waals surface area contributed by atoms with E-state index in [2.05, 4.69) is 11.9 Å². The molecule has 0 aromatic heterocycles. The third-order valence-corrected chi connectivity index (χ3v) is 2.24. The number of aliphatic carboxylic acids is 1. The second kappa shape index (κ2) is 3.67. The van der Waals surface area contributed by atoms with Crippen LogP contribution in [-0.2, 0) is 4.79 Å². The number of hydrogen-bond donors (Lipinski definition) is 3. The van der Waals surface area contributed by atoms with Gasteiger partial charge in [-0.3, -0.25) is 10.2 Å². The zero-order chi connectivity index (χ0) is 10.8. The molecule has 14 heavy (non-hydrogen) atoms. The Bertz CT molecular complexity index is 279. The van der Waals surface area contributed by atoms with Crippen LogP contribution in [0.3, 0.4) is 0 Å². The van der Waals surface area contributed by atoms with E-state index in [9.17, 15) is 9.59 Å². The summed E-state index contributed by atoms with van der Waals surface area (Å²) in [5, 5.41) is 20.5. The van der Waals surface area contributed by atoms with Crippen LogP contribution in [0, 0.1) is 0 Å². The van der Waals surface area contributed by atoms with E-state index in [0.29, 0.717) is 6.54 Å². The molecule has 0 bridgehead atoms. The highest BCUT2D eigenvalue weighted by Gasteiger charge is 2.49. The van der Waals surface area contributed by atoms with E-state index in [4.69, 9.17) is 10.2 Å². The Morgan fingerprint density at radius 1 is 1.57 bits per heavy atom. The number of nitrogens with one attached hydrogen (secondary N) is 1. The molecule has 1 rings (SSSR count). The first-order valence-corrected chi connectivity index (χ1v) is 4.14. The zero-order valence-corrected chi connectivity index (χ0v) is 7.56. The predicted octanol–water partition coefficient (Wildman–Crippen LogP) is -0.0734. The monoisotopic (exact) mass is 200 g/mol. The van der Waals surface area contributed by atoms with Crippen molar-refractivity contribution in [3.05, 3.63) is 12.7 Å². The molecule has 1 atom stereocenters. The highest BCUT2D eigenvalue weighted by molar-refractivity contribution is 5.84. The first kappa shape index (κ1) is 10.5. The van der Waals surface area contributed by atoms with Crippen LogP contribution in [0.5, 0.6) is 0 Å². The van der Waals surface area contributed by atoms with Crippen molar-refractivity contribution in [2.75, 3.05) is 13.1 Å². The van der Waals surface area contributed by atoms with Crippen LogP contribution in [0.2, 0.25) is 0 Å². The van der Waals surface area contributed by atoms with Gasteiger partial charge >= 0.3 is 12.1 Å². The van der Waals surface area contributed by atoms with Crippen LogP contribution in [0.15, 0.2) is 12.7 Å². The molecule has 1 amide bonds. The quantitative estimate of drug-likeness (QED) is 0.555. The molecule has 1 saturated heterocycles. The highest BCUT2D eigenvalue weighted by Crippen LogP contribution is 2.22. The molecule has 3 N–H and O–H groups in total. The molecule has 1 aliphatic heterocycles. The van der Waals surface area contributed by atoms with Crippen molar-refractivity contribution < 1.29 is 19.8 Å². The molecular formula is C8H12N2O4. The zero-order valence-electron chi connectivity index (χ0n) is 7.56. The van der Waals surface area contributed by atoms with Crippen molar-refractivity contribution in [2.45, 2.75) is 12.1 Å². The van der Waals surface area contributed by atoms with Gasteiger partial charge in [-0.2, -0.15) is 0 Å². The van der Waals surface area contributed by atoms with E-state index in [0.717, 1.165) is 4.90 Å². The Morgan fingerprint density at radius 3 is 2.64 bits per heavy atom. The third kappa shape index (κ3) is 1.44. The lowest BCUT2D eigenvalue weighted by molar-refractivity contribution is -0.149. The fourth-order valence-corrected chi connectivity index (χ4v) is 1.59. The van der Waals surface area contributed by atoms with E-state index >= 15 is 0 Å². The largest absolute Gasteiger partial charge is 0.478 e. The summed E-state index contributed by atoms with van der Waals surface area (Å²) < 4.78 is 0. The van der Waals surface area contributed by atoms with Gasteiger partial charge in [-0.15, -0.1) is 6.58 Å². The fraction of sp³-hybridized carbons (Fsp3) is 0.500. The standard InChI is InChI=1S/C8H12N2O4/c1-2-3-8(6(11)12)9-4-5-10(8)7(13)14/h2,9H,1,3-5H2,(H,11,12)(H,13,14). The topological polar surface area (TPSA) is 89.9 Å². The van der Waals surface area contributed by atoms with Gasteiger partial charge in [0.1, 0.15) is 0 Å². The van der Waals surface area contributed by atoms with Crippen molar-refractivity contribution in [2.24, 2.45) is 0 Å². The molecule has 1 aliphatic rings. The van der Waals surface area contributed by atoms with E-state index < -0.39 is 17.7 Å². The first-order chi connectivity index (χ1) is 6.54. The minimum atomic E-state index is -1.53. The Balaban J connectivity index is 3.00. The van der Waals surface area contributed by atoms with Crippen molar-refractivity contribution in [3.8, 4) is 0 Å². The summed E-state index contributed by atoms with van der Waals surface area (Å²) in [7, 11) is 0. The molecule has 0 radical (unpaired) electrons. The van der Waals surface area contributed by atoms with Crippen molar-refractivity contribution in [3.63, 3.8) is 0 Å². The molecule has 6 nitrogen and oxygen atoms in total. The maximum atomic E-state index is 11.0. The van der Waals surface area contributed by atoms with Crippen molar-refractivity contribution in [1.29, 1.82) is 0 Å². The Morgan fingerprint density at radius 2 is 2.21 bits per heavy atom. The lowest BCUT2D eigenvalue weighted by atomic mass is 10.1. The van der Waals surface area contributed by atoms with Crippen LogP contribution in [-0.4, -0.2) is 45.9 Å². The molecule has 1 heterocycles. The van der Waals surface area contributed by atoms with Gasteiger partial charge in [0.25, 0.3) is 0 Å². The minimum absolute atomic E-state index is 0.0502. The lowest BCUT2D eigenvalue weighted by Gasteiger charge is -2.31. The first-order valence-electron chi connectivity index (χ1n) is 4.14. The van der Waals surface area contributed by atoms with Gasteiger partial charge in [-0.1, -0.05) is 6.08 Å². The number of carboxylic acids is 1. The molecule has 0 saturated carbocycles. The smallest absolute Gasteiger partial charge is 0.409 e. The van der Waals surface area contributed by atoms with Gasteiger partial charge in [-0.05, 0) is 0 Å². The molecular weight excluding hydrogens is 188 g/mol. The summed E-state index contributed by atoms with van der Waals surface area (Å²) in [6.07, 6.45) is 0.205. The van der Waals surface area contributed by atoms with E-state index in [-0.39, 0.29) is 13.0 Å². The van der Waals surface area contributed by atoms with E-state index in [1.807, 2.05) is 0 Å². The number of amides is 1. The fourth-order valence-electron chi connectivity index (χ4n) is 1.59. The maximum absolute atomic E-state index is 11.0. The highest BCUT2D eigenvalue weighted by atomic mass is 16.4. The summed E-state index contributed by atoms with van der Waals surface area (Å²) in [6, 6.07) is 0. The van der Waals surface area contributed by atoms with Crippen LogP contribution in [0.4, 0.5) is 4.79 Å². The summed E-state index contributed by atoms with van der Waals surface area (Å²) >= 11 is 0. The van der Waals surface area contributed by atoms with Gasteiger partial charge in [0.15, 0.2) is 5.66 Å². The number of hydrogen-bond acceptors (Lipinski definition) is 3. The molecule has 0 spiro atoms. The van der Waals surface area contributed by atoms with Crippen LogP contribution in [0.1, 0.15) is 6.42 Å². The second-order valence-corrected chi connectivity index (χ2v) is 3.02. The van der Waals surface area contributed by atoms with E-state index in [1.54, 1.807) is 0 Å². The molecule has 0 aromatic rings. The lowest BCUT2D eigenvalue weighted by Crippen LogP contribution is -2.59. The SMILES string of the molecule is C=CCC1(C(=O)O)NCCN1C(=O)O. The second-order valence-electron chi connectivity index (χ2n) is 3.02. The molecule has 1 unspecified atom stereocenters. The summed E-state index contributed by atoms with van der Waals surface area (Å²) in [5.74, 6) is -1.20. The molecule has 6 heteroatoms. The molecule has 1 fully saturated rings. The minimum Gasteiger partial charge on any atom is -0.478 e. The predicted molar refractivity (Wildman–Crippen MR) is 47.9 cm³/mol. The van der Waals surface area contributed by atoms with Gasteiger partial charge in [0.05, 0.1) is 0 Å². The number of rotatable bonds is 3.